The van der Waals surface area contributed by atoms with Crippen LogP contribution in [-0.2, 0) is 22.6 Å². The Bertz CT molecular complexity index is 1160. The molecule has 2 amide bonds. The first-order chi connectivity index (χ1) is 17.2. The number of carbonyl (C=O) groups excluding carboxylic acids is 2. The predicted octanol–water partition coefficient (Wildman–Crippen LogP) is 5.28. The minimum atomic E-state index is -0.764. The largest absolute Gasteiger partial charge is 0.497 e. The summed E-state index contributed by atoms with van der Waals surface area (Å²) in [6.07, 6.45) is 0.352. The predicted molar refractivity (Wildman–Crippen MR) is 142 cm³/mol. The zero-order valence-corrected chi connectivity index (χ0v) is 21.9. The van der Waals surface area contributed by atoms with Crippen LogP contribution < -0.4 is 14.8 Å². The molecule has 0 saturated carbocycles. The molecule has 190 valence electrons. The van der Waals surface area contributed by atoms with Gasteiger partial charge in [0.25, 0.3) is 5.91 Å². The second kappa shape index (κ2) is 12.5. The third kappa shape index (κ3) is 8.02. The van der Waals surface area contributed by atoms with Gasteiger partial charge < -0.3 is 19.7 Å². The fourth-order valence-corrected chi connectivity index (χ4v) is 3.95. The maximum absolute atomic E-state index is 13.6. The number of benzene rings is 3. The summed E-state index contributed by atoms with van der Waals surface area (Å²) in [6, 6.07) is 23.3. The molecule has 0 radical (unpaired) electrons. The highest BCUT2D eigenvalue weighted by molar-refractivity contribution is 6.32. The average molecular weight is 509 g/mol. The van der Waals surface area contributed by atoms with Gasteiger partial charge in [-0.25, -0.2) is 0 Å². The van der Waals surface area contributed by atoms with Crippen LogP contribution in [0.4, 0.5) is 0 Å². The number of carbonyl (C=O) groups is 2. The topological polar surface area (TPSA) is 67.9 Å². The molecule has 0 spiro atoms. The van der Waals surface area contributed by atoms with Gasteiger partial charge in [0, 0.05) is 18.5 Å². The molecule has 0 fully saturated rings. The van der Waals surface area contributed by atoms with Crippen LogP contribution in [0.3, 0.4) is 0 Å². The number of hydrogen-bond donors (Lipinski definition) is 1. The van der Waals surface area contributed by atoms with Crippen LogP contribution >= 0.6 is 11.6 Å². The van der Waals surface area contributed by atoms with Crippen LogP contribution in [0.1, 0.15) is 31.9 Å². The summed E-state index contributed by atoms with van der Waals surface area (Å²) in [5.41, 5.74) is 1.31. The van der Waals surface area contributed by atoms with E-state index in [-0.39, 0.29) is 25.0 Å². The van der Waals surface area contributed by atoms with Crippen LogP contribution in [0.2, 0.25) is 5.02 Å². The van der Waals surface area contributed by atoms with Crippen molar-refractivity contribution in [1.29, 1.82) is 0 Å². The van der Waals surface area contributed by atoms with Gasteiger partial charge in [-0.05, 0) is 56.2 Å². The fourth-order valence-electron chi connectivity index (χ4n) is 3.76. The smallest absolute Gasteiger partial charge is 0.261 e. The van der Waals surface area contributed by atoms with E-state index in [0.29, 0.717) is 22.9 Å². The Hall–Kier alpha value is -3.51. The molecule has 0 aromatic heterocycles. The number of rotatable bonds is 10. The minimum Gasteiger partial charge on any atom is -0.497 e. The zero-order chi connectivity index (χ0) is 26.1. The monoisotopic (exact) mass is 508 g/mol. The van der Waals surface area contributed by atoms with Gasteiger partial charge in [0.1, 0.15) is 17.5 Å². The maximum Gasteiger partial charge on any atom is 0.261 e. The summed E-state index contributed by atoms with van der Waals surface area (Å²) in [5, 5.41) is 3.46. The van der Waals surface area contributed by atoms with Gasteiger partial charge in [0.05, 0.1) is 12.1 Å². The molecule has 7 heteroatoms. The first-order valence-electron chi connectivity index (χ1n) is 11.8. The van der Waals surface area contributed by atoms with Crippen LogP contribution in [0, 0.1) is 0 Å². The lowest BCUT2D eigenvalue weighted by Crippen LogP contribution is -2.55. The van der Waals surface area contributed by atoms with Gasteiger partial charge in [0.15, 0.2) is 6.61 Å². The van der Waals surface area contributed by atoms with Crippen LogP contribution in [0.15, 0.2) is 78.9 Å². The number of nitrogens with zero attached hydrogens (tertiary/aromatic N) is 1. The number of para-hydroxylation sites is 1. The highest BCUT2D eigenvalue weighted by atomic mass is 35.5. The molecule has 3 aromatic rings. The Labute approximate surface area is 218 Å². The van der Waals surface area contributed by atoms with Crippen molar-refractivity contribution in [3.63, 3.8) is 0 Å². The Morgan fingerprint density at radius 2 is 1.61 bits per heavy atom. The number of ether oxygens (including phenoxy) is 2. The van der Waals surface area contributed by atoms with Gasteiger partial charge in [-0.15, -0.1) is 0 Å². The van der Waals surface area contributed by atoms with Crippen molar-refractivity contribution in [3.8, 4) is 11.5 Å². The summed E-state index contributed by atoms with van der Waals surface area (Å²) in [4.78, 5) is 28.8. The number of amides is 2. The summed E-state index contributed by atoms with van der Waals surface area (Å²) in [5.74, 6) is 0.515. The number of halogens is 1. The summed E-state index contributed by atoms with van der Waals surface area (Å²) >= 11 is 6.22. The molecule has 0 bridgehead atoms. The molecule has 1 N–H and O–H groups in total. The standard InChI is InChI=1S/C29H33ClN2O4/c1-29(2,3)31-28(34)25(18-21-11-6-5-7-12-21)32(19-22-13-10-14-23(17-22)35-4)27(33)20-36-26-16-9-8-15-24(26)30/h5-17,25H,18-20H2,1-4H3,(H,31,34). The summed E-state index contributed by atoms with van der Waals surface area (Å²) in [6.45, 7) is 5.69. The van der Waals surface area contributed by atoms with Gasteiger partial charge in [-0.3, -0.25) is 9.59 Å². The molecule has 3 rings (SSSR count). The van der Waals surface area contributed by atoms with E-state index in [1.54, 1.807) is 36.3 Å². The van der Waals surface area contributed by atoms with Crippen molar-refractivity contribution in [2.45, 2.75) is 45.3 Å². The van der Waals surface area contributed by atoms with E-state index in [1.165, 1.54) is 0 Å². The van der Waals surface area contributed by atoms with Crippen molar-refractivity contribution < 1.29 is 19.1 Å². The van der Waals surface area contributed by atoms with Gasteiger partial charge in [-0.1, -0.05) is 66.2 Å². The SMILES string of the molecule is COc1cccc(CN(C(=O)COc2ccccc2Cl)C(Cc2ccccc2)C(=O)NC(C)(C)C)c1. The molecular weight excluding hydrogens is 476 g/mol. The van der Waals surface area contributed by atoms with Gasteiger partial charge >= 0.3 is 0 Å². The van der Waals surface area contributed by atoms with E-state index < -0.39 is 11.6 Å². The molecule has 0 aliphatic rings. The average Bonchev–Trinajstić information content (AvgIpc) is 2.85. The van der Waals surface area contributed by atoms with E-state index in [9.17, 15) is 9.59 Å². The zero-order valence-electron chi connectivity index (χ0n) is 21.2. The third-order valence-electron chi connectivity index (χ3n) is 5.44. The number of methoxy groups -OCH3 is 1. The first-order valence-corrected chi connectivity index (χ1v) is 12.2. The highest BCUT2D eigenvalue weighted by Gasteiger charge is 2.32. The fraction of sp³-hybridized carbons (Fsp3) is 0.310. The molecule has 0 aliphatic heterocycles. The Morgan fingerprint density at radius 3 is 2.28 bits per heavy atom. The molecule has 0 saturated heterocycles. The molecule has 1 atom stereocenters. The molecule has 0 aliphatic carbocycles. The third-order valence-corrected chi connectivity index (χ3v) is 5.76. The molecule has 6 nitrogen and oxygen atoms in total. The highest BCUT2D eigenvalue weighted by Crippen LogP contribution is 2.24. The van der Waals surface area contributed by atoms with Crippen LogP contribution in [-0.4, -0.2) is 42.0 Å². The van der Waals surface area contributed by atoms with Crippen molar-refractivity contribution in [3.05, 3.63) is 95.0 Å². The molecule has 0 heterocycles. The lowest BCUT2D eigenvalue weighted by molar-refractivity contribution is -0.143. The Balaban J connectivity index is 1.95. The van der Waals surface area contributed by atoms with E-state index >= 15 is 0 Å². The van der Waals surface area contributed by atoms with E-state index in [2.05, 4.69) is 5.32 Å². The molecular formula is C29H33ClN2O4. The summed E-state index contributed by atoms with van der Waals surface area (Å²) < 4.78 is 11.1. The van der Waals surface area contributed by atoms with Gasteiger partial charge in [0.2, 0.25) is 5.91 Å². The second-order valence-electron chi connectivity index (χ2n) is 9.54. The van der Waals surface area contributed by atoms with Crippen LogP contribution in [0.25, 0.3) is 0 Å². The lowest BCUT2D eigenvalue weighted by Gasteiger charge is -2.33. The quantitative estimate of drug-likeness (QED) is 0.404. The van der Waals surface area contributed by atoms with E-state index in [0.717, 1.165) is 11.1 Å². The van der Waals surface area contributed by atoms with Crippen molar-refractivity contribution >= 4 is 23.4 Å². The second-order valence-corrected chi connectivity index (χ2v) is 9.94. The number of hydrogen-bond acceptors (Lipinski definition) is 4. The summed E-state index contributed by atoms with van der Waals surface area (Å²) in [7, 11) is 1.59. The molecule has 3 aromatic carbocycles. The van der Waals surface area contributed by atoms with Gasteiger partial charge in [-0.2, -0.15) is 0 Å². The van der Waals surface area contributed by atoms with Crippen molar-refractivity contribution in [2.24, 2.45) is 0 Å². The lowest BCUT2D eigenvalue weighted by atomic mass is 10.0. The minimum absolute atomic E-state index is 0.205. The number of nitrogens with one attached hydrogen (secondary N) is 1. The van der Waals surface area contributed by atoms with Crippen molar-refractivity contribution in [1.82, 2.24) is 10.2 Å². The molecule has 36 heavy (non-hydrogen) atoms. The Kier molecular flexibility index (Phi) is 9.37. The van der Waals surface area contributed by atoms with Crippen LogP contribution in [0.5, 0.6) is 11.5 Å². The normalized spacial score (nSPS) is 11.9. The van der Waals surface area contributed by atoms with Crippen molar-refractivity contribution in [2.75, 3.05) is 13.7 Å². The maximum atomic E-state index is 13.6. The Morgan fingerprint density at radius 1 is 0.944 bits per heavy atom. The first kappa shape index (κ1) is 27.1. The van der Waals surface area contributed by atoms with E-state index in [4.69, 9.17) is 21.1 Å². The molecule has 1 unspecified atom stereocenters. The van der Waals surface area contributed by atoms with E-state index in [1.807, 2.05) is 75.4 Å².